The van der Waals surface area contributed by atoms with Crippen molar-refractivity contribution in [3.8, 4) is 33.9 Å². The van der Waals surface area contributed by atoms with Crippen LogP contribution in [0, 0.1) is 13.8 Å². The quantitative estimate of drug-likeness (QED) is 0.704. The first-order valence-corrected chi connectivity index (χ1v) is 7.38. The average molecular weight is 309 g/mol. The summed E-state index contributed by atoms with van der Waals surface area (Å²) >= 11 is 0. The summed E-state index contributed by atoms with van der Waals surface area (Å²) in [5, 5.41) is 3.98. The summed E-state index contributed by atoms with van der Waals surface area (Å²) in [4.78, 5) is 0. The van der Waals surface area contributed by atoms with E-state index in [0.29, 0.717) is 0 Å². The molecule has 3 aromatic rings. The van der Waals surface area contributed by atoms with Crippen LogP contribution in [-0.4, -0.2) is 19.4 Å². The van der Waals surface area contributed by atoms with E-state index in [1.807, 2.05) is 37.3 Å². The normalized spacial score (nSPS) is 10.6. The summed E-state index contributed by atoms with van der Waals surface area (Å²) in [6, 6.07) is 11.9. The van der Waals surface area contributed by atoms with Gasteiger partial charge in [0.25, 0.3) is 0 Å². The molecule has 0 amide bonds. The van der Waals surface area contributed by atoms with E-state index in [-0.39, 0.29) is 0 Å². The van der Waals surface area contributed by atoms with Gasteiger partial charge in [0.1, 0.15) is 11.5 Å². The van der Waals surface area contributed by atoms with Gasteiger partial charge in [0.2, 0.25) is 0 Å². The largest absolute Gasteiger partial charge is 0.497 e. The van der Waals surface area contributed by atoms with Crippen molar-refractivity contribution in [3.63, 3.8) is 0 Å². The Kier molecular flexibility index (Phi) is 4.06. The van der Waals surface area contributed by atoms with Crippen LogP contribution < -0.4 is 9.47 Å². The van der Waals surface area contributed by atoms with Crippen LogP contribution >= 0.6 is 0 Å². The second-order valence-corrected chi connectivity index (χ2v) is 5.42. The van der Waals surface area contributed by atoms with Crippen molar-refractivity contribution in [2.75, 3.05) is 14.2 Å². The third-order valence-electron chi connectivity index (χ3n) is 4.07. The number of methoxy groups -OCH3 is 2. The number of ether oxygens (including phenoxy) is 2. The zero-order chi connectivity index (χ0) is 16.4. The number of hydrogen-bond acceptors (Lipinski definition) is 4. The van der Waals surface area contributed by atoms with Gasteiger partial charge in [-0.25, -0.2) is 0 Å². The smallest absolute Gasteiger partial charge is 0.174 e. The fourth-order valence-electron chi connectivity index (χ4n) is 2.59. The van der Waals surface area contributed by atoms with Crippen LogP contribution in [0.3, 0.4) is 0 Å². The van der Waals surface area contributed by atoms with Gasteiger partial charge in [-0.3, -0.25) is 0 Å². The van der Waals surface area contributed by atoms with Gasteiger partial charge in [-0.05, 0) is 54.8 Å². The number of aryl methyl sites for hydroxylation is 1. The molecule has 4 nitrogen and oxygen atoms in total. The second-order valence-electron chi connectivity index (χ2n) is 5.42. The van der Waals surface area contributed by atoms with E-state index in [9.17, 15) is 0 Å². The van der Waals surface area contributed by atoms with Crippen molar-refractivity contribution in [2.24, 2.45) is 0 Å². The molecular weight excluding hydrogens is 290 g/mol. The van der Waals surface area contributed by atoms with Crippen LogP contribution in [0.25, 0.3) is 22.5 Å². The molecule has 0 unspecified atom stereocenters. The molecule has 0 radical (unpaired) electrons. The molecule has 0 aliphatic heterocycles. The fraction of sp³-hybridized carbons (Fsp3) is 0.211. The first-order chi connectivity index (χ1) is 11.1. The van der Waals surface area contributed by atoms with Crippen molar-refractivity contribution < 1.29 is 14.0 Å². The Morgan fingerprint density at radius 1 is 0.913 bits per heavy atom. The fourth-order valence-corrected chi connectivity index (χ4v) is 2.59. The predicted molar refractivity (Wildman–Crippen MR) is 90.0 cm³/mol. The van der Waals surface area contributed by atoms with Crippen LogP contribution in [-0.2, 0) is 0 Å². The van der Waals surface area contributed by atoms with Gasteiger partial charge in [0.15, 0.2) is 5.76 Å². The number of hydrogen-bond donors (Lipinski definition) is 0. The summed E-state index contributed by atoms with van der Waals surface area (Å²) in [5.41, 5.74) is 5.20. The molecule has 0 saturated carbocycles. The van der Waals surface area contributed by atoms with E-state index in [1.165, 1.54) is 0 Å². The summed E-state index contributed by atoms with van der Waals surface area (Å²) in [7, 11) is 3.33. The lowest BCUT2D eigenvalue weighted by molar-refractivity contribution is 0.410. The maximum absolute atomic E-state index is 5.52. The van der Waals surface area contributed by atoms with Crippen molar-refractivity contribution in [1.82, 2.24) is 5.16 Å². The standard InChI is InChI=1S/C19H19NO3/c1-12-9-15(10-18(22-4)13(12)2)19-17(11-20-23-19)14-5-7-16(21-3)8-6-14/h5-11H,1-4H3. The molecule has 0 N–H and O–H groups in total. The minimum Gasteiger partial charge on any atom is -0.497 e. The SMILES string of the molecule is COc1ccc(-c2cnoc2-c2cc(C)c(C)c(OC)c2)cc1. The highest BCUT2D eigenvalue weighted by Gasteiger charge is 2.15. The number of rotatable bonds is 4. The molecular formula is C19H19NO3. The Bertz CT molecular complexity index is 819. The van der Waals surface area contributed by atoms with Gasteiger partial charge in [-0.15, -0.1) is 0 Å². The lowest BCUT2D eigenvalue weighted by atomic mass is 9.99. The highest BCUT2D eigenvalue weighted by molar-refractivity contribution is 5.80. The van der Waals surface area contributed by atoms with Crippen LogP contribution in [0.4, 0.5) is 0 Å². The maximum Gasteiger partial charge on any atom is 0.174 e. The first-order valence-electron chi connectivity index (χ1n) is 7.38. The summed E-state index contributed by atoms with van der Waals surface area (Å²) < 4.78 is 16.2. The van der Waals surface area contributed by atoms with E-state index in [2.05, 4.69) is 18.1 Å². The average Bonchev–Trinajstić information content (AvgIpc) is 3.07. The first kappa shape index (κ1) is 15.2. The molecule has 1 heterocycles. The van der Waals surface area contributed by atoms with Gasteiger partial charge in [0, 0.05) is 11.1 Å². The van der Waals surface area contributed by atoms with Gasteiger partial charge in [0.05, 0.1) is 20.4 Å². The number of benzene rings is 2. The Hall–Kier alpha value is -2.75. The lowest BCUT2D eigenvalue weighted by Crippen LogP contribution is -1.92. The molecule has 0 saturated heterocycles. The van der Waals surface area contributed by atoms with E-state index in [1.54, 1.807) is 20.4 Å². The van der Waals surface area contributed by atoms with Crippen molar-refractivity contribution >= 4 is 0 Å². The summed E-state index contributed by atoms with van der Waals surface area (Å²) in [6.45, 7) is 4.10. The van der Waals surface area contributed by atoms with Crippen LogP contribution in [0.2, 0.25) is 0 Å². The van der Waals surface area contributed by atoms with Gasteiger partial charge < -0.3 is 14.0 Å². The minimum absolute atomic E-state index is 0.733. The Morgan fingerprint density at radius 2 is 1.65 bits per heavy atom. The Labute approximate surface area is 135 Å². The van der Waals surface area contributed by atoms with E-state index in [0.717, 1.165) is 45.1 Å². The third-order valence-corrected chi connectivity index (χ3v) is 4.07. The van der Waals surface area contributed by atoms with E-state index >= 15 is 0 Å². The van der Waals surface area contributed by atoms with Crippen molar-refractivity contribution in [1.29, 1.82) is 0 Å². The minimum atomic E-state index is 0.733. The molecule has 2 aromatic carbocycles. The number of nitrogens with zero attached hydrogens (tertiary/aromatic N) is 1. The third kappa shape index (κ3) is 2.80. The van der Waals surface area contributed by atoms with Crippen molar-refractivity contribution in [2.45, 2.75) is 13.8 Å². The predicted octanol–water partition coefficient (Wildman–Crippen LogP) is 4.64. The van der Waals surface area contributed by atoms with Crippen LogP contribution in [0.5, 0.6) is 11.5 Å². The molecule has 0 atom stereocenters. The molecule has 0 bridgehead atoms. The van der Waals surface area contributed by atoms with Crippen LogP contribution in [0.1, 0.15) is 11.1 Å². The van der Waals surface area contributed by atoms with Gasteiger partial charge in [-0.1, -0.05) is 17.3 Å². The second kappa shape index (κ2) is 6.16. The molecule has 3 rings (SSSR count). The molecule has 118 valence electrons. The molecule has 0 aliphatic rings. The molecule has 4 heteroatoms. The van der Waals surface area contributed by atoms with Crippen LogP contribution in [0.15, 0.2) is 47.1 Å². The van der Waals surface area contributed by atoms with Gasteiger partial charge >= 0.3 is 0 Å². The zero-order valence-electron chi connectivity index (χ0n) is 13.7. The monoisotopic (exact) mass is 309 g/mol. The highest BCUT2D eigenvalue weighted by Crippen LogP contribution is 2.36. The summed E-state index contributed by atoms with van der Waals surface area (Å²) in [5.74, 6) is 2.40. The summed E-state index contributed by atoms with van der Waals surface area (Å²) in [6.07, 6.45) is 1.73. The Morgan fingerprint density at radius 3 is 2.30 bits per heavy atom. The molecule has 0 aliphatic carbocycles. The maximum atomic E-state index is 5.52. The van der Waals surface area contributed by atoms with Crippen molar-refractivity contribution in [3.05, 3.63) is 53.7 Å². The molecule has 23 heavy (non-hydrogen) atoms. The highest BCUT2D eigenvalue weighted by atomic mass is 16.5. The number of aromatic nitrogens is 1. The molecule has 1 aromatic heterocycles. The Balaban J connectivity index is 2.09. The van der Waals surface area contributed by atoms with E-state index < -0.39 is 0 Å². The topological polar surface area (TPSA) is 44.5 Å². The van der Waals surface area contributed by atoms with Gasteiger partial charge in [-0.2, -0.15) is 0 Å². The zero-order valence-corrected chi connectivity index (χ0v) is 13.7. The van der Waals surface area contributed by atoms with E-state index in [4.69, 9.17) is 14.0 Å². The molecule has 0 fully saturated rings. The lowest BCUT2D eigenvalue weighted by Gasteiger charge is -2.10. The molecule has 0 spiro atoms.